The van der Waals surface area contributed by atoms with Crippen LogP contribution in [0.1, 0.15) is 29.8 Å². The summed E-state index contributed by atoms with van der Waals surface area (Å²) in [6.07, 6.45) is 0. The lowest BCUT2D eigenvalue weighted by Crippen LogP contribution is -2.50. The molecule has 0 unspecified atom stereocenters. The number of carbonyl (C=O) groups is 2. The van der Waals surface area contributed by atoms with Gasteiger partial charge < -0.3 is 10.6 Å². The van der Waals surface area contributed by atoms with Gasteiger partial charge in [-0.05, 0) is 24.5 Å². The van der Waals surface area contributed by atoms with E-state index in [-0.39, 0.29) is 17.7 Å². The molecule has 0 radical (unpaired) electrons. The summed E-state index contributed by atoms with van der Waals surface area (Å²) in [5, 5.41) is 6.26. The van der Waals surface area contributed by atoms with Crippen LogP contribution < -0.4 is 10.6 Å². The highest BCUT2D eigenvalue weighted by molar-refractivity contribution is 8.14. The molecule has 1 heterocycles. The van der Waals surface area contributed by atoms with Crippen molar-refractivity contribution >= 4 is 28.7 Å². The Morgan fingerprint density at radius 1 is 1.27 bits per heavy atom. The van der Waals surface area contributed by atoms with Crippen LogP contribution in [0.25, 0.3) is 0 Å². The molecule has 1 aromatic carbocycles. The lowest BCUT2D eigenvalue weighted by Gasteiger charge is -2.22. The van der Waals surface area contributed by atoms with Crippen LogP contribution in [0.2, 0.25) is 0 Å². The molecule has 1 atom stereocenters. The van der Waals surface area contributed by atoms with Gasteiger partial charge in [0, 0.05) is 11.3 Å². The van der Waals surface area contributed by atoms with E-state index in [9.17, 15) is 9.59 Å². The highest BCUT2D eigenvalue weighted by Gasteiger charge is 2.26. The van der Waals surface area contributed by atoms with Crippen molar-refractivity contribution < 1.29 is 9.59 Å². The fourth-order valence-corrected chi connectivity index (χ4v) is 2.91. The van der Waals surface area contributed by atoms with E-state index in [1.807, 2.05) is 39.0 Å². The molecule has 0 aromatic heterocycles. The summed E-state index contributed by atoms with van der Waals surface area (Å²) in [5.41, 5.74) is 1.48. The van der Waals surface area contributed by atoms with Gasteiger partial charge in [-0.15, -0.1) is 0 Å². The number of benzene rings is 1. The molecule has 2 rings (SSSR count). The number of hydrogen-bond donors (Lipinski definition) is 2. The molecule has 1 aliphatic heterocycles. The molecule has 1 aliphatic rings. The number of rotatable bonds is 4. The Hall–Kier alpha value is -1.82. The van der Waals surface area contributed by atoms with Crippen molar-refractivity contribution in [2.75, 3.05) is 12.3 Å². The highest BCUT2D eigenvalue weighted by Crippen LogP contribution is 2.12. The van der Waals surface area contributed by atoms with Gasteiger partial charge in [0.1, 0.15) is 6.04 Å². The van der Waals surface area contributed by atoms with Crippen molar-refractivity contribution in [1.29, 1.82) is 0 Å². The fraction of sp³-hybridized carbons (Fsp3) is 0.438. The Kier molecular flexibility index (Phi) is 5.60. The van der Waals surface area contributed by atoms with Crippen LogP contribution in [-0.2, 0) is 4.79 Å². The molecule has 0 fully saturated rings. The van der Waals surface area contributed by atoms with Gasteiger partial charge in [0.2, 0.25) is 5.91 Å². The monoisotopic (exact) mass is 319 g/mol. The van der Waals surface area contributed by atoms with Crippen molar-refractivity contribution in [3.8, 4) is 0 Å². The molecule has 5 nitrogen and oxygen atoms in total. The van der Waals surface area contributed by atoms with Crippen LogP contribution in [0, 0.1) is 12.8 Å². The predicted octanol–water partition coefficient (Wildman–Crippen LogP) is 1.97. The molecule has 1 aromatic rings. The summed E-state index contributed by atoms with van der Waals surface area (Å²) in [7, 11) is 0. The Morgan fingerprint density at radius 2 is 2.00 bits per heavy atom. The third-order valence-electron chi connectivity index (χ3n) is 3.44. The highest BCUT2D eigenvalue weighted by atomic mass is 32.2. The van der Waals surface area contributed by atoms with Crippen LogP contribution in [-0.4, -0.2) is 35.3 Å². The molecule has 6 heteroatoms. The maximum Gasteiger partial charge on any atom is 0.252 e. The number of nitrogens with zero attached hydrogens (tertiary/aromatic N) is 1. The summed E-state index contributed by atoms with van der Waals surface area (Å²) >= 11 is 1.52. The molecule has 0 saturated carbocycles. The van der Waals surface area contributed by atoms with Gasteiger partial charge in [-0.2, -0.15) is 0 Å². The molecule has 0 spiro atoms. The normalized spacial score (nSPS) is 15.4. The fourth-order valence-electron chi connectivity index (χ4n) is 2.18. The van der Waals surface area contributed by atoms with Crippen molar-refractivity contribution in [2.24, 2.45) is 10.9 Å². The number of carbonyl (C=O) groups excluding carboxylic acids is 2. The van der Waals surface area contributed by atoms with E-state index in [0.29, 0.717) is 10.7 Å². The van der Waals surface area contributed by atoms with Crippen LogP contribution in [0.3, 0.4) is 0 Å². The molecule has 0 aliphatic carbocycles. The van der Waals surface area contributed by atoms with E-state index in [0.717, 1.165) is 17.9 Å². The SMILES string of the molecule is Cc1ccccc1C(=O)N[C@H](C(=O)NC1=NCCS1)C(C)C. The molecule has 2 amide bonds. The summed E-state index contributed by atoms with van der Waals surface area (Å²) in [5.74, 6) is 0.426. The van der Waals surface area contributed by atoms with Gasteiger partial charge in [0.15, 0.2) is 5.17 Å². The first-order valence-corrected chi connectivity index (χ1v) is 8.32. The van der Waals surface area contributed by atoms with Gasteiger partial charge >= 0.3 is 0 Å². The van der Waals surface area contributed by atoms with E-state index in [4.69, 9.17) is 0 Å². The number of aryl methyl sites for hydroxylation is 1. The zero-order valence-corrected chi connectivity index (χ0v) is 13.9. The standard InChI is InChI=1S/C16H21N3O2S/c1-10(2)13(15(21)19-16-17-8-9-22-16)18-14(20)12-7-5-4-6-11(12)3/h4-7,10,13H,8-9H2,1-3H3,(H,18,20)(H,17,19,21)/t13-/m0/s1. The number of hydrogen-bond acceptors (Lipinski definition) is 4. The molecule has 0 bridgehead atoms. The third kappa shape index (κ3) is 4.10. The largest absolute Gasteiger partial charge is 0.340 e. The van der Waals surface area contributed by atoms with E-state index in [1.165, 1.54) is 11.8 Å². The second-order valence-electron chi connectivity index (χ2n) is 5.53. The minimum Gasteiger partial charge on any atom is -0.340 e. The number of nitrogens with one attached hydrogen (secondary N) is 2. The van der Waals surface area contributed by atoms with E-state index in [2.05, 4.69) is 15.6 Å². The van der Waals surface area contributed by atoms with Crippen LogP contribution in [0.15, 0.2) is 29.3 Å². The van der Waals surface area contributed by atoms with E-state index in [1.54, 1.807) is 6.07 Å². The lowest BCUT2D eigenvalue weighted by atomic mass is 10.0. The molecule has 22 heavy (non-hydrogen) atoms. The first-order valence-electron chi connectivity index (χ1n) is 7.33. The maximum atomic E-state index is 12.4. The second-order valence-corrected chi connectivity index (χ2v) is 6.62. The number of thioether (sulfide) groups is 1. The van der Waals surface area contributed by atoms with Crippen molar-refractivity contribution in [3.05, 3.63) is 35.4 Å². The molecule has 2 N–H and O–H groups in total. The Morgan fingerprint density at radius 3 is 2.59 bits per heavy atom. The van der Waals surface area contributed by atoms with Crippen molar-refractivity contribution in [3.63, 3.8) is 0 Å². The Labute approximate surface area is 135 Å². The summed E-state index contributed by atoms with van der Waals surface area (Å²) in [6, 6.07) is 6.75. The maximum absolute atomic E-state index is 12.4. The number of aliphatic imine (C=N–C) groups is 1. The Balaban J connectivity index is 2.06. The minimum atomic E-state index is -0.587. The molecule has 0 saturated heterocycles. The Bertz CT molecular complexity index is 599. The molecular formula is C16H21N3O2S. The zero-order valence-electron chi connectivity index (χ0n) is 13.1. The average molecular weight is 319 g/mol. The quantitative estimate of drug-likeness (QED) is 0.891. The molecule has 118 valence electrons. The topological polar surface area (TPSA) is 70.6 Å². The number of amidine groups is 1. The minimum absolute atomic E-state index is 0.0139. The van der Waals surface area contributed by atoms with Gasteiger partial charge in [0.05, 0.1) is 6.54 Å². The van der Waals surface area contributed by atoms with Gasteiger partial charge in [0.25, 0.3) is 5.91 Å². The van der Waals surface area contributed by atoms with E-state index >= 15 is 0 Å². The van der Waals surface area contributed by atoms with Crippen LogP contribution >= 0.6 is 11.8 Å². The first kappa shape index (κ1) is 16.5. The zero-order chi connectivity index (χ0) is 16.1. The van der Waals surface area contributed by atoms with Crippen molar-refractivity contribution in [1.82, 2.24) is 10.6 Å². The van der Waals surface area contributed by atoms with E-state index < -0.39 is 6.04 Å². The van der Waals surface area contributed by atoms with Crippen molar-refractivity contribution in [2.45, 2.75) is 26.8 Å². The average Bonchev–Trinajstić information content (AvgIpc) is 2.97. The predicted molar refractivity (Wildman–Crippen MR) is 90.2 cm³/mol. The number of amides is 2. The summed E-state index contributed by atoms with van der Waals surface area (Å²) in [4.78, 5) is 29.0. The first-order chi connectivity index (χ1) is 10.5. The smallest absolute Gasteiger partial charge is 0.252 e. The second kappa shape index (κ2) is 7.45. The van der Waals surface area contributed by atoms with Gasteiger partial charge in [-0.3, -0.25) is 14.6 Å². The third-order valence-corrected chi connectivity index (χ3v) is 4.33. The summed E-state index contributed by atoms with van der Waals surface area (Å²) in [6.45, 7) is 6.42. The summed E-state index contributed by atoms with van der Waals surface area (Å²) < 4.78 is 0. The molecular weight excluding hydrogens is 298 g/mol. The van der Waals surface area contributed by atoms with Crippen LogP contribution in [0.4, 0.5) is 0 Å². The van der Waals surface area contributed by atoms with Crippen LogP contribution in [0.5, 0.6) is 0 Å². The van der Waals surface area contributed by atoms with Gasteiger partial charge in [-0.25, -0.2) is 0 Å². The lowest BCUT2D eigenvalue weighted by molar-refractivity contribution is -0.122. The van der Waals surface area contributed by atoms with Gasteiger partial charge in [-0.1, -0.05) is 43.8 Å².